The Bertz CT molecular complexity index is 1050. The van der Waals surface area contributed by atoms with Gasteiger partial charge in [0, 0.05) is 23.6 Å². The quantitative estimate of drug-likeness (QED) is 0.437. The molecular weight excluding hydrogens is 430 g/mol. The van der Waals surface area contributed by atoms with E-state index < -0.39 is 19.3 Å². The number of rotatable bonds is 8. The molecule has 0 amide bonds. The van der Waals surface area contributed by atoms with E-state index in [1.165, 1.54) is 24.5 Å². The predicted molar refractivity (Wildman–Crippen MR) is 113 cm³/mol. The largest absolute Gasteiger partial charge is 0.416 e. The molecule has 164 valence electrons. The Morgan fingerprint density at radius 2 is 1.48 bits per heavy atom. The highest BCUT2D eigenvalue weighted by atomic mass is 31.2. The first-order valence-corrected chi connectivity index (χ1v) is 11.1. The summed E-state index contributed by atoms with van der Waals surface area (Å²) in [6.07, 6.45) is -1.42. The number of anilines is 2. The Morgan fingerprint density at radius 3 is 2.03 bits per heavy atom. The molecule has 0 fully saturated rings. The molecule has 0 aliphatic carbocycles. The molecule has 0 bridgehead atoms. The zero-order chi connectivity index (χ0) is 22.5. The average Bonchev–Trinajstić information content (AvgIpc) is 2.74. The second-order valence-corrected chi connectivity index (χ2v) is 8.36. The maximum Gasteiger partial charge on any atom is 0.416 e. The molecule has 1 heterocycles. The number of nitrogens with one attached hydrogen (secondary N) is 1. The number of hydrogen-bond donors (Lipinski definition) is 1. The van der Waals surface area contributed by atoms with Crippen LogP contribution in [0.25, 0.3) is 11.3 Å². The first-order chi connectivity index (χ1) is 14.8. The minimum Gasteiger partial charge on any atom is -0.338 e. The lowest BCUT2D eigenvalue weighted by atomic mass is 10.1. The summed E-state index contributed by atoms with van der Waals surface area (Å²) < 4.78 is 61.9. The third-order valence-corrected chi connectivity index (χ3v) is 6.36. The summed E-state index contributed by atoms with van der Waals surface area (Å²) in [4.78, 5) is 8.58. The molecule has 0 atom stereocenters. The van der Waals surface area contributed by atoms with Crippen LogP contribution in [0.15, 0.2) is 60.9 Å². The maximum absolute atomic E-state index is 12.9. The predicted octanol–water partition coefficient (Wildman–Crippen LogP) is 5.80. The fourth-order valence-electron chi connectivity index (χ4n) is 2.85. The van der Waals surface area contributed by atoms with Crippen molar-refractivity contribution in [3.63, 3.8) is 0 Å². The molecule has 0 aliphatic rings. The number of benzene rings is 2. The first kappa shape index (κ1) is 22.9. The van der Waals surface area contributed by atoms with E-state index in [9.17, 15) is 17.7 Å². The van der Waals surface area contributed by atoms with Crippen LogP contribution >= 0.6 is 7.60 Å². The van der Waals surface area contributed by atoms with Gasteiger partial charge in [0.25, 0.3) is 0 Å². The summed E-state index contributed by atoms with van der Waals surface area (Å²) in [6, 6.07) is 11.3. The van der Waals surface area contributed by atoms with Gasteiger partial charge in [0.2, 0.25) is 0 Å². The lowest BCUT2D eigenvalue weighted by Crippen LogP contribution is -2.10. The summed E-state index contributed by atoms with van der Waals surface area (Å²) in [5.41, 5.74) is 0.854. The van der Waals surface area contributed by atoms with Crippen LogP contribution in [0.2, 0.25) is 0 Å². The van der Waals surface area contributed by atoms with E-state index in [1.54, 1.807) is 38.1 Å². The summed E-state index contributed by atoms with van der Waals surface area (Å²) in [5.74, 6) is 0.368. The fraction of sp³-hybridized carbons (Fsp3) is 0.238. The van der Waals surface area contributed by atoms with Gasteiger partial charge in [-0.15, -0.1) is 0 Å². The number of hydrogen-bond acceptors (Lipinski definition) is 6. The van der Waals surface area contributed by atoms with Crippen molar-refractivity contribution in [1.29, 1.82) is 0 Å². The second kappa shape index (κ2) is 9.60. The summed E-state index contributed by atoms with van der Waals surface area (Å²) in [7, 11) is -3.41. The Morgan fingerprint density at radius 1 is 0.903 bits per heavy atom. The fourth-order valence-corrected chi connectivity index (χ4v) is 4.41. The van der Waals surface area contributed by atoms with Crippen molar-refractivity contribution in [2.24, 2.45) is 0 Å². The van der Waals surface area contributed by atoms with E-state index in [0.29, 0.717) is 28.1 Å². The minimum absolute atomic E-state index is 0.240. The van der Waals surface area contributed by atoms with Crippen LogP contribution in [0.4, 0.5) is 24.7 Å². The van der Waals surface area contributed by atoms with Crippen LogP contribution in [-0.2, 0) is 19.8 Å². The number of nitrogens with zero attached hydrogens (tertiary/aromatic N) is 2. The van der Waals surface area contributed by atoms with Gasteiger partial charge in [-0.25, -0.2) is 4.98 Å². The zero-order valence-corrected chi connectivity index (χ0v) is 17.8. The topological polar surface area (TPSA) is 73.3 Å². The molecule has 2 aromatic carbocycles. The Labute approximate surface area is 178 Å². The van der Waals surface area contributed by atoms with Crippen molar-refractivity contribution in [2.75, 3.05) is 18.5 Å². The highest BCUT2D eigenvalue weighted by molar-refractivity contribution is 7.62. The monoisotopic (exact) mass is 451 g/mol. The highest BCUT2D eigenvalue weighted by Gasteiger charge is 2.30. The van der Waals surface area contributed by atoms with Crippen molar-refractivity contribution >= 4 is 24.4 Å². The molecule has 0 spiro atoms. The highest BCUT2D eigenvalue weighted by Crippen LogP contribution is 2.47. The van der Waals surface area contributed by atoms with Crippen LogP contribution in [0, 0.1) is 0 Å². The molecule has 1 aromatic heterocycles. The molecule has 3 aromatic rings. The molecule has 31 heavy (non-hydrogen) atoms. The Kier molecular flexibility index (Phi) is 7.10. The lowest BCUT2D eigenvalue weighted by Gasteiger charge is -2.17. The second-order valence-electron chi connectivity index (χ2n) is 6.33. The van der Waals surface area contributed by atoms with E-state index in [4.69, 9.17) is 9.05 Å². The van der Waals surface area contributed by atoms with Gasteiger partial charge in [-0.3, -0.25) is 9.55 Å². The van der Waals surface area contributed by atoms with Crippen LogP contribution in [-0.4, -0.2) is 23.2 Å². The molecule has 0 aliphatic heterocycles. The Balaban J connectivity index is 1.87. The molecule has 10 heteroatoms. The number of alkyl halides is 3. The van der Waals surface area contributed by atoms with Gasteiger partial charge in [0.05, 0.1) is 24.1 Å². The normalized spacial score (nSPS) is 12.0. The molecule has 6 nitrogen and oxygen atoms in total. The van der Waals surface area contributed by atoms with E-state index in [0.717, 1.165) is 12.1 Å². The molecular formula is C21H21F3N3O3P. The maximum atomic E-state index is 12.9. The van der Waals surface area contributed by atoms with E-state index in [2.05, 4.69) is 15.3 Å². The van der Waals surface area contributed by atoms with Gasteiger partial charge >= 0.3 is 13.8 Å². The van der Waals surface area contributed by atoms with E-state index in [1.807, 2.05) is 0 Å². The minimum atomic E-state index is -4.40. The van der Waals surface area contributed by atoms with Gasteiger partial charge in [-0.2, -0.15) is 13.2 Å². The SMILES string of the molecule is CCOP(=O)(OCC)c1ccc(-c2nccnc2Nc2ccc(C(F)(F)F)cc2)cc1. The average molecular weight is 451 g/mol. The molecule has 0 saturated carbocycles. The molecule has 0 unspecified atom stereocenters. The van der Waals surface area contributed by atoms with Gasteiger partial charge in [0.15, 0.2) is 5.82 Å². The molecule has 0 radical (unpaired) electrons. The van der Waals surface area contributed by atoms with Crippen molar-refractivity contribution in [3.8, 4) is 11.3 Å². The van der Waals surface area contributed by atoms with Crippen molar-refractivity contribution in [1.82, 2.24) is 9.97 Å². The van der Waals surface area contributed by atoms with E-state index >= 15 is 0 Å². The third kappa shape index (κ3) is 5.50. The van der Waals surface area contributed by atoms with Crippen LogP contribution in [0.3, 0.4) is 0 Å². The van der Waals surface area contributed by atoms with Crippen LogP contribution < -0.4 is 10.6 Å². The van der Waals surface area contributed by atoms with Gasteiger partial charge in [-0.1, -0.05) is 12.1 Å². The molecule has 3 rings (SSSR count). The number of halogens is 3. The van der Waals surface area contributed by atoms with Crippen LogP contribution in [0.5, 0.6) is 0 Å². The van der Waals surface area contributed by atoms with Crippen molar-refractivity contribution in [2.45, 2.75) is 20.0 Å². The lowest BCUT2D eigenvalue weighted by molar-refractivity contribution is -0.137. The van der Waals surface area contributed by atoms with Crippen molar-refractivity contribution in [3.05, 3.63) is 66.5 Å². The molecule has 1 N–H and O–H groups in total. The smallest absolute Gasteiger partial charge is 0.338 e. The zero-order valence-electron chi connectivity index (χ0n) is 16.9. The van der Waals surface area contributed by atoms with E-state index in [-0.39, 0.29) is 13.2 Å². The van der Waals surface area contributed by atoms with Gasteiger partial charge in [-0.05, 0) is 50.2 Å². The Hall–Kier alpha value is -2.74. The summed E-state index contributed by atoms with van der Waals surface area (Å²) in [6.45, 7) is 3.95. The standard InChI is InChI=1S/C21H21F3N3O3P/c1-3-29-31(28,30-4-2)18-11-5-15(6-12-18)19-20(26-14-13-25-19)27-17-9-7-16(8-10-17)21(22,23)24/h5-14H,3-4H2,1-2H3,(H,26,27). The van der Waals surface area contributed by atoms with Crippen LogP contribution in [0.1, 0.15) is 19.4 Å². The summed E-state index contributed by atoms with van der Waals surface area (Å²) >= 11 is 0. The van der Waals surface area contributed by atoms with Crippen molar-refractivity contribution < 1.29 is 26.8 Å². The first-order valence-electron chi connectivity index (χ1n) is 9.52. The summed E-state index contributed by atoms with van der Waals surface area (Å²) in [5, 5.41) is 3.41. The number of aromatic nitrogens is 2. The van der Waals surface area contributed by atoms with Gasteiger partial charge in [0.1, 0.15) is 5.69 Å². The third-order valence-electron chi connectivity index (χ3n) is 4.23. The van der Waals surface area contributed by atoms with Gasteiger partial charge < -0.3 is 14.4 Å². The molecule has 0 saturated heterocycles.